The number of benzene rings is 1. The lowest BCUT2D eigenvalue weighted by Gasteiger charge is -2.18. The van der Waals surface area contributed by atoms with Crippen LogP contribution in [0.4, 0.5) is 5.00 Å². The SMILES string of the molecule is CCCOC(=O)c1c(NC(=O)/C=C/c2ccc(Cl)cc2)sc2c1CCC(C)C2. The van der Waals surface area contributed by atoms with Crippen LogP contribution in [0, 0.1) is 5.92 Å². The van der Waals surface area contributed by atoms with E-state index in [0.717, 1.165) is 36.8 Å². The van der Waals surface area contributed by atoms with Crippen molar-refractivity contribution in [1.29, 1.82) is 0 Å². The number of nitrogens with one attached hydrogen (secondary N) is 1. The van der Waals surface area contributed by atoms with Crippen LogP contribution < -0.4 is 5.32 Å². The molecule has 0 bridgehead atoms. The summed E-state index contributed by atoms with van der Waals surface area (Å²) in [5.41, 5.74) is 2.45. The molecule has 0 radical (unpaired) electrons. The second kappa shape index (κ2) is 9.39. The first-order chi connectivity index (χ1) is 13.5. The molecule has 1 aromatic heterocycles. The predicted molar refractivity (Wildman–Crippen MR) is 115 cm³/mol. The molecule has 1 amide bonds. The predicted octanol–water partition coefficient (Wildman–Crippen LogP) is 5.75. The number of amides is 1. The summed E-state index contributed by atoms with van der Waals surface area (Å²) in [5, 5.41) is 4.12. The topological polar surface area (TPSA) is 55.4 Å². The zero-order valence-electron chi connectivity index (χ0n) is 16.1. The van der Waals surface area contributed by atoms with Crippen LogP contribution in [-0.2, 0) is 22.4 Å². The van der Waals surface area contributed by atoms with Crippen molar-refractivity contribution >= 4 is 45.9 Å². The Labute approximate surface area is 174 Å². The van der Waals surface area contributed by atoms with Gasteiger partial charge >= 0.3 is 5.97 Å². The first-order valence-electron chi connectivity index (χ1n) is 9.54. The van der Waals surface area contributed by atoms with Crippen LogP contribution in [0.15, 0.2) is 30.3 Å². The highest BCUT2D eigenvalue weighted by Gasteiger charge is 2.28. The molecule has 28 heavy (non-hydrogen) atoms. The Morgan fingerprint density at radius 3 is 2.79 bits per heavy atom. The zero-order chi connectivity index (χ0) is 20.1. The number of carbonyl (C=O) groups excluding carboxylic acids is 2. The van der Waals surface area contributed by atoms with Crippen molar-refractivity contribution in [2.24, 2.45) is 5.92 Å². The first kappa shape index (κ1) is 20.6. The average Bonchev–Trinajstić information content (AvgIpc) is 3.02. The minimum Gasteiger partial charge on any atom is -0.462 e. The number of thiophene rings is 1. The van der Waals surface area contributed by atoms with Crippen molar-refractivity contribution in [2.45, 2.75) is 39.5 Å². The third kappa shape index (κ3) is 5.03. The largest absolute Gasteiger partial charge is 0.462 e. The highest BCUT2D eigenvalue weighted by atomic mass is 35.5. The van der Waals surface area contributed by atoms with E-state index in [9.17, 15) is 9.59 Å². The highest BCUT2D eigenvalue weighted by Crippen LogP contribution is 2.40. The number of carbonyl (C=O) groups is 2. The standard InChI is InChI=1S/C22H24ClNO3S/c1-3-12-27-22(26)20-17-10-4-14(2)13-18(17)28-21(20)24-19(25)11-7-15-5-8-16(23)9-6-15/h5-9,11,14H,3-4,10,12-13H2,1-2H3,(H,24,25)/b11-7+. The molecule has 2 aromatic rings. The Balaban J connectivity index is 1.80. The van der Waals surface area contributed by atoms with Gasteiger partial charge < -0.3 is 10.1 Å². The third-order valence-electron chi connectivity index (χ3n) is 4.69. The summed E-state index contributed by atoms with van der Waals surface area (Å²) in [6, 6.07) is 7.22. The normalized spacial score (nSPS) is 16.0. The number of hydrogen-bond donors (Lipinski definition) is 1. The van der Waals surface area contributed by atoms with Crippen LogP contribution in [0.2, 0.25) is 5.02 Å². The molecule has 0 spiro atoms. The second-order valence-electron chi connectivity index (χ2n) is 7.07. The van der Waals surface area contributed by atoms with Crippen molar-refractivity contribution in [1.82, 2.24) is 0 Å². The minimum atomic E-state index is -0.342. The van der Waals surface area contributed by atoms with E-state index in [4.69, 9.17) is 16.3 Å². The van der Waals surface area contributed by atoms with Gasteiger partial charge in [0.15, 0.2) is 0 Å². The van der Waals surface area contributed by atoms with Crippen LogP contribution in [0.5, 0.6) is 0 Å². The fourth-order valence-electron chi connectivity index (χ4n) is 3.22. The molecule has 1 atom stereocenters. The molecule has 148 valence electrons. The monoisotopic (exact) mass is 417 g/mol. The number of halogens is 1. The van der Waals surface area contributed by atoms with Crippen molar-refractivity contribution in [3.63, 3.8) is 0 Å². The molecule has 1 aliphatic carbocycles. The van der Waals surface area contributed by atoms with Crippen molar-refractivity contribution in [3.05, 3.63) is 56.9 Å². The van der Waals surface area contributed by atoms with Crippen LogP contribution in [0.1, 0.15) is 53.1 Å². The van der Waals surface area contributed by atoms with Gasteiger partial charge in [0.1, 0.15) is 5.00 Å². The maximum Gasteiger partial charge on any atom is 0.341 e. The van der Waals surface area contributed by atoms with Gasteiger partial charge in [-0.25, -0.2) is 4.79 Å². The van der Waals surface area contributed by atoms with E-state index < -0.39 is 0 Å². The highest BCUT2D eigenvalue weighted by molar-refractivity contribution is 7.17. The number of ether oxygens (including phenoxy) is 1. The molecule has 6 heteroatoms. The van der Waals surface area contributed by atoms with Gasteiger partial charge in [-0.2, -0.15) is 0 Å². The maximum absolute atomic E-state index is 12.6. The molecule has 1 N–H and O–H groups in total. The Hall–Kier alpha value is -2.11. The molecule has 4 nitrogen and oxygen atoms in total. The Kier molecular flexibility index (Phi) is 6.92. The van der Waals surface area contributed by atoms with Crippen LogP contribution in [-0.4, -0.2) is 18.5 Å². The van der Waals surface area contributed by atoms with E-state index in [0.29, 0.717) is 28.1 Å². The summed E-state index contributed by atoms with van der Waals surface area (Å²) < 4.78 is 5.38. The summed E-state index contributed by atoms with van der Waals surface area (Å²) in [7, 11) is 0. The number of hydrogen-bond acceptors (Lipinski definition) is 4. The Morgan fingerprint density at radius 1 is 1.32 bits per heavy atom. The fourth-order valence-corrected chi connectivity index (χ4v) is 4.75. The van der Waals surface area contributed by atoms with Gasteiger partial charge in [0.2, 0.25) is 5.91 Å². The quantitative estimate of drug-likeness (QED) is 0.481. The van der Waals surface area contributed by atoms with Gasteiger partial charge in [0.05, 0.1) is 12.2 Å². The fraction of sp³-hybridized carbons (Fsp3) is 0.364. The number of rotatable bonds is 6. The Morgan fingerprint density at radius 2 is 2.07 bits per heavy atom. The molecular formula is C22H24ClNO3S. The van der Waals surface area contributed by atoms with E-state index in [-0.39, 0.29) is 11.9 Å². The summed E-state index contributed by atoms with van der Waals surface area (Å²) in [4.78, 5) is 26.3. The summed E-state index contributed by atoms with van der Waals surface area (Å²) in [5.74, 6) is -0.0314. The average molecular weight is 418 g/mol. The van der Waals surface area contributed by atoms with Crippen molar-refractivity contribution in [2.75, 3.05) is 11.9 Å². The van der Waals surface area contributed by atoms with Gasteiger partial charge in [-0.1, -0.05) is 37.6 Å². The van der Waals surface area contributed by atoms with Gasteiger partial charge in [-0.05, 0) is 60.9 Å². The number of anilines is 1. The zero-order valence-corrected chi connectivity index (χ0v) is 17.7. The molecule has 0 aliphatic heterocycles. The Bertz CT molecular complexity index is 886. The van der Waals surface area contributed by atoms with Crippen molar-refractivity contribution < 1.29 is 14.3 Å². The number of fused-ring (bicyclic) bond motifs is 1. The van der Waals surface area contributed by atoms with E-state index >= 15 is 0 Å². The van der Waals surface area contributed by atoms with Crippen LogP contribution in [0.3, 0.4) is 0 Å². The van der Waals surface area contributed by atoms with Gasteiger partial charge in [-0.15, -0.1) is 11.3 Å². The minimum absolute atomic E-state index is 0.272. The maximum atomic E-state index is 12.6. The number of esters is 1. The first-order valence-corrected chi connectivity index (χ1v) is 10.7. The molecule has 3 rings (SSSR count). The molecule has 1 heterocycles. The van der Waals surface area contributed by atoms with Crippen LogP contribution in [0.25, 0.3) is 6.08 Å². The van der Waals surface area contributed by atoms with Gasteiger partial charge in [0.25, 0.3) is 0 Å². The van der Waals surface area contributed by atoms with E-state index in [2.05, 4.69) is 12.2 Å². The molecule has 1 unspecified atom stereocenters. The lowest BCUT2D eigenvalue weighted by Crippen LogP contribution is -2.16. The lowest BCUT2D eigenvalue weighted by atomic mass is 9.88. The lowest BCUT2D eigenvalue weighted by molar-refractivity contribution is -0.111. The van der Waals surface area contributed by atoms with Crippen LogP contribution >= 0.6 is 22.9 Å². The van der Waals surface area contributed by atoms with E-state index in [1.54, 1.807) is 18.2 Å². The molecular weight excluding hydrogens is 394 g/mol. The molecule has 1 aromatic carbocycles. The van der Waals surface area contributed by atoms with Gasteiger partial charge in [0, 0.05) is 16.0 Å². The van der Waals surface area contributed by atoms with E-state index in [1.807, 2.05) is 19.1 Å². The summed E-state index contributed by atoms with van der Waals surface area (Å²) in [6.07, 6.45) is 6.77. The summed E-state index contributed by atoms with van der Waals surface area (Å²) in [6.45, 7) is 4.55. The smallest absolute Gasteiger partial charge is 0.341 e. The molecule has 1 aliphatic rings. The molecule has 0 fully saturated rings. The molecule has 0 saturated heterocycles. The third-order valence-corrected chi connectivity index (χ3v) is 6.11. The van der Waals surface area contributed by atoms with Crippen molar-refractivity contribution in [3.8, 4) is 0 Å². The molecule has 0 saturated carbocycles. The summed E-state index contributed by atoms with van der Waals surface area (Å²) >= 11 is 7.37. The van der Waals surface area contributed by atoms with Gasteiger partial charge in [-0.3, -0.25) is 4.79 Å². The second-order valence-corrected chi connectivity index (χ2v) is 8.61. The van der Waals surface area contributed by atoms with E-state index in [1.165, 1.54) is 22.3 Å².